The second-order valence-corrected chi connectivity index (χ2v) is 6.65. The van der Waals surface area contributed by atoms with Gasteiger partial charge < -0.3 is 10.2 Å². The predicted molar refractivity (Wildman–Crippen MR) is 108 cm³/mol. The maximum atomic E-state index is 4.81. The number of guanidine groups is 1. The van der Waals surface area contributed by atoms with Crippen LogP contribution in [0.25, 0.3) is 0 Å². The van der Waals surface area contributed by atoms with Crippen molar-refractivity contribution in [1.29, 1.82) is 0 Å². The first-order valence-corrected chi connectivity index (χ1v) is 8.62. The average Bonchev–Trinajstić information content (AvgIpc) is 3.10. The lowest BCUT2D eigenvalue weighted by molar-refractivity contribution is 0.483. The smallest absolute Gasteiger partial charge is 0.193 e. The van der Waals surface area contributed by atoms with E-state index in [1.165, 1.54) is 24.8 Å². The summed E-state index contributed by atoms with van der Waals surface area (Å²) in [5, 5.41) is 7.74. The van der Waals surface area contributed by atoms with Gasteiger partial charge in [0.1, 0.15) is 0 Å². The standard InChI is InChI=1S/C17H31N5.HI/c1-5-18-17(19-9-6-7-14(2)3)22-10-8-15(13-22)16-11-20-21(4)12-16;/h11-12,14-15H,5-10,13H2,1-4H3,(H,18,19);1H. The third-order valence-corrected chi connectivity index (χ3v) is 4.22. The molecule has 0 radical (unpaired) electrons. The lowest BCUT2D eigenvalue weighted by atomic mass is 10.0. The van der Waals surface area contributed by atoms with Crippen molar-refractivity contribution >= 4 is 29.9 Å². The molecule has 1 atom stereocenters. The molecule has 5 nitrogen and oxygen atoms in total. The van der Waals surface area contributed by atoms with Gasteiger partial charge in [0.15, 0.2) is 5.96 Å². The highest BCUT2D eigenvalue weighted by molar-refractivity contribution is 14.0. The first kappa shape index (κ1) is 20.3. The van der Waals surface area contributed by atoms with Gasteiger partial charge in [0.2, 0.25) is 0 Å². The fourth-order valence-electron chi connectivity index (χ4n) is 2.99. The van der Waals surface area contributed by atoms with Crippen LogP contribution < -0.4 is 5.32 Å². The first-order valence-electron chi connectivity index (χ1n) is 8.62. The molecule has 1 aliphatic rings. The van der Waals surface area contributed by atoms with Crippen molar-refractivity contribution in [3.05, 3.63) is 18.0 Å². The van der Waals surface area contributed by atoms with Crippen LogP contribution in [0.2, 0.25) is 0 Å². The van der Waals surface area contributed by atoms with Gasteiger partial charge >= 0.3 is 0 Å². The van der Waals surface area contributed by atoms with Crippen molar-refractivity contribution in [2.24, 2.45) is 18.0 Å². The monoisotopic (exact) mass is 433 g/mol. The van der Waals surface area contributed by atoms with E-state index in [1.807, 2.05) is 17.9 Å². The summed E-state index contributed by atoms with van der Waals surface area (Å²) in [6.07, 6.45) is 7.75. The summed E-state index contributed by atoms with van der Waals surface area (Å²) in [4.78, 5) is 7.21. The van der Waals surface area contributed by atoms with Crippen LogP contribution in [0, 0.1) is 5.92 Å². The summed E-state index contributed by atoms with van der Waals surface area (Å²) in [5.41, 5.74) is 1.35. The average molecular weight is 433 g/mol. The zero-order valence-corrected chi connectivity index (χ0v) is 17.3. The minimum Gasteiger partial charge on any atom is -0.357 e. The third kappa shape index (κ3) is 6.31. The molecule has 0 bridgehead atoms. The Bertz CT molecular complexity index is 483. The molecule has 1 aliphatic heterocycles. The van der Waals surface area contributed by atoms with Crippen molar-refractivity contribution in [2.45, 2.75) is 46.0 Å². The van der Waals surface area contributed by atoms with E-state index in [2.05, 4.69) is 42.3 Å². The molecule has 23 heavy (non-hydrogen) atoms. The zero-order chi connectivity index (χ0) is 15.9. The van der Waals surface area contributed by atoms with Gasteiger partial charge in [0, 0.05) is 45.3 Å². The molecule has 0 saturated carbocycles. The van der Waals surface area contributed by atoms with E-state index in [0.717, 1.165) is 38.1 Å². The molecular weight excluding hydrogens is 401 g/mol. The van der Waals surface area contributed by atoms with Crippen LogP contribution in [0.5, 0.6) is 0 Å². The van der Waals surface area contributed by atoms with Gasteiger partial charge in [-0.15, -0.1) is 24.0 Å². The van der Waals surface area contributed by atoms with Gasteiger partial charge in [-0.1, -0.05) is 13.8 Å². The van der Waals surface area contributed by atoms with Crippen LogP contribution in [0.3, 0.4) is 0 Å². The maximum absolute atomic E-state index is 4.81. The highest BCUT2D eigenvalue weighted by atomic mass is 127. The summed E-state index contributed by atoms with van der Waals surface area (Å²) in [7, 11) is 1.98. The van der Waals surface area contributed by atoms with E-state index < -0.39 is 0 Å². The van der Waals surface area contributed by atoms with Crippen molar-refractivity contribution < 1.29 is 0 Å². The molecule has 1 unspecified atom stereocenters. The number of nitrogens with zero attached hydrogens (tertiary/aromatic N) is 4. The highest BCUT2D eigenvalue weighted by Gasteiger charge is 2.26. The van der Waals surface area contributed by atoms with Gasteiger partial charge in [-0.05, 0) is 37.7 Å². The van der Waals surface area contributed by atoms with E-state index in [4.69, 9.17) is 4.99 Å². The van der Waals surface area contributed by atoms with Gasteiger partial charge in [-0.25, -0.2) is 0 Å². The van der Waals surface area contributed by atoms with Crippen LogP contribution in [0.1, 0.15) is 51.5 Å². The Labute approximate surface area is 157 Å². The molecule has 1 saturated heterocycles. The van der Waals surface area contributed by atoms with Crippen LogP contribution >= 0.6 is 24.0 Å². The Kier molecular flexibility index (Phi) is 8.94. The highest BCUT2D eigenvalue weighted by Crippen LogP contribution is 2.26. The number of aromatic nitrogens is 2. The predicted octanol–water partition coefficient (Wildman–Crippen LogP) is 3.23. The van der Waals surface area contributed by atoms with E-state index in [0.29, 0.717) is 5.92 Å². The van der Waals surface area contributed by atoms with Crippen LogP contribution in [0.4, 0.5) is 0 Å². The molecule has 1 fully saturated rings. The fraction of sp³-hybridized carbons (Fsp3) is 0.765. The quantitative estimate of drug-likeness (QED) is 0.324. The molecule has 132 valence electrons. The number of aliphatic imine (C=N–C) groups is 1. The number of hydrogen-bond donors (Lipinski definition) is 1. The molecule has 2 heterocycles. The molecule has 0 aromatic carbocycles. The molecule has 0 aliphatic carbocycles. The molecule has 0 spiro atoms. The molecule has 2 rings (SSSR count). The largest absolute Gasteiger partial charge is 0.357 e. The summed E-state index contributed by atoms with van der Waals surface area (Å²) < 4.78 is 1.89. The molecule has 1 N–H and O–H groups in total. The number of hydrogen-bond acceptors (Lipinski definition) is 2. The number of likely N-dealkylation sites (tertiary alicyclic amines) is 1. The zero-order valence-electron chi connectivity index (χ0n) is 15.0. The fourth-order valence-corrected chi connectivity index (χ4v) is 2.99. The lowest BCUT2D eigenvalue weighted by Gasteiger charge is -2.21. The van der Waals surface area contributed by atoms with Gasteiger partial charge in [0.05, 0.1) is 6.20 Å². The van der Waals surface area contributed by atoms with Crippen molar-refractivity contribution in [1.82, 2.24) is 20.0 Å². The Morgan fingerprint density at radius 3 is 2.87 bits per heavy atom. The van der Waals surface area contributed by atoms with Crippen molar-refractivity contribution in [3.8, 4) is 0 Å². The molecular formula is C17H32IN5. The van der Waals surface area contributed by atoms with E-state index in [9.17, 15) is 0 Å². The van der Waals surface area contributed by atoms with Crippen molar-refractivity contribution in [3.63, 3.8) is 0 Å². The number of aryl methyl sites for hydroxylation is 1. The Morgan fingerprint density at radius 1 is 1.48 bits per heavy atom. The molecule has 0 amide bonds. The topological polar surface area (TPSA) is 45.5 Å². The third-order valence-electron chi connectivity index (χ3n) is 4.22. The van der Waals surface area contributed by atoms with Gasteiger partial charge in [0.25, 0.3) is 0 Å². The number of nitrogens with one attached hydrogen (secondary N) is 1. The lowest BCUT2D eigenvalue weighted by Crippen LogP contribution is -2.40. The van der Waals surface area contributed by atoms with Gasteiger partial charge in [-0.2, -0.15) is 5.10 Å². The van der Waals surface area contributed by atoms with E-state index in [-0.39, 0.29) is 24.0 Å². The number of halogens is 1. The minimum atomic E-state index is 0. The van der Waals surface area contributed by atoms with Crippen LogP contribution in [-0.2, 0) is 7.05 Å². The summed E-state index contributed by atoms with van der Waals surface area (Å²) >= 11 is 0. The molecule has 1 aromatic heterocycles. The normalized spacial score (nSPS) is 18.4. The van der Waals surface area contributed by atoms with E-state index >= 15 is 0 Å². The van der Waals surface area contributed by atoms with Crippen LogP contribution in [0.15, 0.2) is 17.4 Å². The summed E-state index contributed by atoms with van der Waals surface area (Å²) in [6, 6.07) is 0. The molecule has 1 aromatic rings. The maximum Gasteiger partial charge on any atom is 0.193 e. The Morgan fingerprint density at radius 2 is 2.26 bits per heavy atom. The second kappa shape index (κ2) is 10.2. The second-order valence-electron chi connectivity index (χ2n) is 6.65. The Balaban J connectivity index is 0.00000264. The van der Waals surface area contributed by atoms with Crippen LogP contribution in [-0.4, -0.2) is 46.8 Å². The molecule has 6 heteroatoms. The summed E-state index contributed by atoms with van der Waals surface area (Å²) in [5.74, 6) is 2.42. The Hall–Kier alpha value is -0.790. The SMILES string of the molecule is CCNC(=NCCCC(C)C)N1CCC(c2cnn(C)c2)C1.I. The first-order chi connectivity index (χ1) is 10.6. The van der Waals surface area contributed by atoms with Crippen molar-refractivity contribution in [2.75, 3.05) is 26.2 Å². The van der Waals surface area contributed by atoms with E-state index in [1.54, 1.807) is 0 Å². The number of rotatable bonds is 6. The van der Waals surface area contributed by atoms with Gasteiger partial charge in [-0.3, -0.25) is 9.67 Å². The minimum absolute atomic E-state index is 0. The summed E-state index contributed by atoms with van der Waals surface area (Å²) in [6.45, 7) is 10.7.